The van der Waals surface area contributed by atoms with Gasteiger partial charge in [-0.15, -0.1) is 0 Å². The van der Waals surface area contributed by atoms with Crippen molar-refractivity contribution in [2.24, 2.45) is 5.92 Å². The van der Waals surface area contributed by atoms with Gasteiger partial charge in [0, 0.05) is 19.0 Å². The number of fused-ring (bicyclic) bond motifs is 3. The summed E-state index contributed by atoms with van der Waals surface area (Å²) < 4.78 is 10.8. The predicted octanol–water partition coefficient (Wildman–Crippen LogP) is 3.17. The van der Waals surface area contributed by atoms with E-state index in [1.807, 2.05) is 78.9 Å². The van der Waals surface area contributed by atoms with Crippen molar-refractivity contribution in [2.75, 3.05) is 19.7 Å². The highest BCUT2D eigenvalue weighted by molar-refractivity contribution is 6.32. The Kier molecular flexibility index (Phi) is 9.38. The van der Waals surface area contributed by atoms with Gasteiger partial charge in [-0.1, -0.05) is 78.9 Å². The number of carboxylic acids is 1. The van der Waals surface area contributed by atoms with E-state index in [0.29, 0.717) is 0 Å². The molecule has 44 heavy (non-hydrogen) atoms. The van der Waals surface area contributed by atoms with Crippen LogP contribution in [0.15, 0.2) is 78.9 Å². The van der Waals surface area contributed by atoms with Crippen LogP contribution < -0.4 is 16.2 Å². The van der Waals surface area contributed by atoms with E-state index >= 15 is 0 Å². The SMILES string of the molecule is O=C(NNC(=O)C(NC(=O)C(=O)O)C1CCN(C(=O)OCc2ccccc2)CC1)OCC1c2ccccc2-c2ccccc21. The predicted molar refractivity (Wildman–Crippen MR) is 157 cm³/mol. The number of hydrazine groups is 1. The second-order valence-corrected chi connectivity index (χ2v) is 10.6. The first-order valence-corrected chi connectivity index (χ1v) is 14.2. The normalized spacial score (nSPS) is 14.9. The van der Waals surface area contributed by atoms with Crippen molar-refractivity contribution in [3.05, 3.63) is 95.6 Å². The fourth-order valence-electron chi connectivity index (χ4n) is 5.65. The molecule has 0 bridgehead atoms. The molecule has 3 aromatic rings. The van der Waals surface area contributed by atoms with Gasteiger partial charge in [0.2, 0.25) is 0 Å². The summed E-state index contributed by atoms with van der Waals surface area (Å²) in [7, 11) is 0. The van der Waals surface area contributed by atoms with Crippen LogP contribution in [0.2, 0.25) is 0 Å². The Labute approximate surface area is 253 Å². The smallest absolute Gasteiger partial charge is 0.426 e. The minimum atomic E-state index is -1.76. The van der Waals surface area contributed by atoms with Crippen molar-refractivity contribution >= 4 is 30.0 Å². The Morgan fingerprint density at radius 2 is 1.39 bits per heavy atom. The maximum Gasteiger partial charge on any atom is 0.426 e. The van der Waals surface area contributed by atoms with E-state index < -0.39 is 41.9 Å². The van der Waals surface area contributed by atoms with Crippen LogP contribution in [0.5, 0.6) is 0 Å². The van der Waals surface area contributed by atoms with Gasteiger partial charge in [-0.3, -0.25) is 15.0 Å². The van der Waals surface area contributed by atoms with Crippen LogP contribution >= 0.6 is 0 Å². The van der Waals surface area contributed by atoms with Gasteiger partial charge in [0.1, 0.15) is 19.3 Å². The molecule has 1 fully saturated rings. The number of hydrogen-bond acceptors (Lipinski definition) is 7. The lowest BCUT2D eigenvalue weighted by Gasteiger charge is -2.35. The lowest BCUT2D eigenvalue weighted by Crippen LogP contribution is -2.57. The number of carboxylic acid groups (broad SMARTS) is 1. The Bertz CT molecular complexity index is 1490. The maximum absolute atomic E-state index is 13.1. The van der Waals surface area contributed by atoms with E-state index in [-0.39, 0.29) is 45.1 Å². The van der Waals surface area contributed by atoms with Crippen LogP contribution in [0.4, 0.5) is 9.59 Å². The molecular weight excluding hydrogens is 568 g/mol. The largest absolute Gasteiger partial charge is 0.474 e. The molecule has 0 radical (unpaired) electrons. The first-order chi connectivity index (χ1) is 21.3. The van der Waals surface area contributed by atoms with Crippen molar-refractivity contribution < 1.29 is 38.6 Å². The van der Waals surface area contributed by atoms with Crippen LogP contribution in [0, 0.1) is 5.92 Å². The number of benzene rings is 3. The molecule has 1 unspecified atom stereocenters. The van der Waals surface area contributed by atoms with Gasteiger partial charge in [-0.2, -0.15) is 0 Å². The summed E-state index contributed by atoms with van der Waals surface area (Å²) in [5.74, 6) is -4.64. The highest BCUT2D eigenvalue weighted by Crippen LogP contribution is 2.44. The van der Waals surface area contributed by atoms with E-state index in [0.717, 1.165) is 27.8 Å². The lowest BCUT2D eigenvalue weighted by molar-refractivity contribution is -0.151. The van der Waals surface area contributed by atoms with Crippen molar-refractivity contribution in [1.82, 2.24) is 21.1 Å². The Morgan fingerprint density at radius 1 is 0.795 bits per heavy atom. The molecule has 3 aromatic carbocycles. The number of hydrogen-bond donors (Lipinski definition) is 4. The third kappa shape index (κ3) is 6.97. The third-order valence-electron chi connectivity index (χ3n) is 7.87. The Hall–Kier alpha value is -5.39. The van der Waals surface area contributed by atoms with E-state index in [4.69, 9.17) is 14.6 Å². The Morgan fingerprint density at radius 3 is 2.00 bits per heavy atom. The van der Waals surface area contributed by atoms with Gasteiger partial charge in [0.15, 0.2) is 0 Å². The molecule has 12 nitrogen and oxygen atoms in total. The standard InChI is InChI=1S/C32H32N4O8/c37-28(34-35-31(41)43-19-26-24-12-6-4-10-22(24)23-11-5-7-13-25(23)26)27(33-29(38)30(39)40)21-14-16-36(17-15-21)32(42)44-18-20-8-2-1-3-9-20/h1-13,21,26-27H,14-19H2,(H,33,38)(H,34,37)(H,35,41)(H,39,40). The summed E-state index contributed by atoms with van der Waals surface area (Å²) in [6.07, 6.45) is -0.869. The van der Waals surface area contributed by atoms with Gasteiger partial charge in [-0.05, 0) is 46.6 Å². The molecule has 1 saturated heterocycles. The van der Waals surface area contributed by atoms with Crippen LogP contribution in [0.3, 0.4) is 0 Å². The van der Waals surface area contributed by atoms with Gasteiger partial charge < -0.3 is 24.8 Å². The monoisotopic (exact) mass is 600 g/mol. The number of rotatable bonds is 7. The summed E-state index contributed by atoms with van der Waals surface area (Å²) in [6, 6.07) is 23.6. The molecule has 2 aliphatic rings. The minimum Gasteiger partial charge on any atom is -0.474 e. The second-order valence-electron chi connectivity index (χ2n) is 10.6. The molecule has 0 spiro atoms. The third-order valence-corrected chi connectivity index (χ3v) is 7.87. The van der Waals surface area contributed by atoms with Gasteiger partial charge >= 0.3 is 24.1 Å². The molecule has 12 heteroatoms. The van der Waals surface area contributed by atoms with Gasteiger partial charge in [0.05, 0.1) is 0 Å². The number of nitrogens with one attached hydrogen (secondary N) is 3. The molecular formula is C32H32N4O8. The minimum absolute atomic E-state index is 0.0216. The zero-order chi connectivity index (χ0) is 31.1. The highest BCUT2D eigenvalue weighted by Gasteiger charge is 2.36. The lowest BCUT2D eigenvalue weighted by atomic mass is 9.89. The van der Waals surface area contributed by atoms with Crippen LogP contribution in [-0.2, 0) is 30.5 Å². The molecule has 0 aromatic heterocycles. The summed E-state index contributed by atoms with van der Waals surface area (Å²) in [5.41, 5.74) is 9.45. The number of carbonyl (C=O) groups is 5. The molecule has 228 valence electrons. The zero-order valence-corrected chi connectivity index (χ0v) is 23.7. The topological polar surface area (TPSA) is 163 Å². The molecule has 1 atom stereocenters. The molecule has 5 rings (SSSR count). The quantitative estimate of drug-likeness (QED) is 0.237. The molecule has 0 saturated carbocycles. The van der Waals surface area contributed by atoms with Crippen molar-refractivity contribution in [1.29, 1.82) is 0 Å². The van der Waals surface area contributed by atoms with Gasteiger partial charge in [-0.25, -0.2) is 19.8 Å². The fraction of sp³-hybridized carbons (Fsp3) is 0.281. The highest BCUT2D eigenvalue weighted by atomic mass is 16.6. The first kappa shape index (κ1) is 30.1. The molecule has 1 aliphatic heterocycles. The van der Waals surface area contributed by atoms with E-state index in [9.17, 15) is 24.0 Å². The number of nitrogens with zero attached hydrogens (tertiary/aromatic N) is 1. The van der Waals surface area contributed by atoms with Crippen LogP contribution in [-0.4, -0.2) is 65.7 Å². The van der Waals surface area contributed by atoms with Crippen LogP contribution in [0.25, 0.3) is 11.1 Å². The second kappa shape index (κ2) is 13.7. The van der Waals surface area contributed by atoms with Crippen molar-refractivity contribution in [3.63, 3.8) is 0 Å². The maximum atomic E-state index is 13.1. The van der Waals surface area contributed by atoms with Gasteiger partial charge in [0.25, 0.3) is 5.91 Å². The van der Waals surface area contributed by atoms with Crippen molar-refractivity contribution in [2.45, 2.75) is 31.4 Å². The summed E-state index contributed by atoms with van der Waals surface area (Å²) in [4.78, 5) is 62.9. The molecule has 1 aliphatic carbocycles. The summed E-state index contributed by atoms with van der Waals surface area (Å²) in [5, 5.41) is 11.3. The average Bonchev–Trinajstić information content (AvgIpc) is 3.38. The average molecular weight is 601 g/mol. The number of ether oxygens (including phenoxy) is 2. The Balaban J connectivity index is 1.14. The van der Waals surface area contributed by atoms with E-state index in [1.165, 1.54) is 4.90 Å². The molecule has 1 heterocycles. The number of piperidine rings is 1. The number of amides is 4. The summed E-state index contributed by atoms with van der Waals surface area (Å²) in [6.45, 7) is 0.588. The fourth-order valence-corrected chi connectivity index (χ4v) is 5.65. The number of aliphatic carboxylic acids is 1. The number of carbonyl (C=O) groups excluding carboxylic acids is 4. The summed E-state index contributed by atoms with van der Waals surface area (Å²) >= 11 is 0. The zero-order valence-electron chi connectivity index (χ0n) is 23.7. The first-order valence-electron chi connectivity index (χ1n) is 14.2. The molecule has 4 N–H and O–H groups in total. The van der Waals surface area contributed by atoms with E-state index in [1.54, 1.807) is 0 Å². The molecule has 4 amide bonds. The van der Waals surface area contributed by atoms with Crippen molar-refractivity contribution in [3.8, 4) is 11.1 Å². The number of likely N-dealkylation sites (tertiary alicyclic amines) is 1. The van der Waals surface area contributed by atoms with E-state index in [2.05, 4.69) is 16.2 Å². The van der Waals surface area contributed by atoms with Crippen LogP contribution in [0.1, 0.15) is 35.4 Å².